The molecule has 28 heavy (non-hydrogen) atoms. The van der Waals surface area contributed by atoms with E-state index in [0.29, 0.717) is 10.8 Å². The van der Waals surface area contributed by atoms with Crippen molar-refractivity contribution >= 4 is 11.6 Å². The Morgan fingerprint density at radius 3 is 2.39 bits per heavy atom. The third-order valence-corrected chi connectivity index (χ3v) is 4.57. The number of H-pyrrole nitrogens is 1. The van der Waals surface area contributed by atoms with Crippen LogP contribution in [-0.2, 0) is 6.18 Å². The zero-order chi connectivity index (χ0) is 20.3. The highest BCUT2D eigenvalue weighted by molar-refractivity contribution is 6.30. The predicted octanol–water partition coefficient (Wildman–Crippen LogP) is 5.50. The first kappa shape index (κ1) is 20.2. The molecule has 5 nitrogen and oxygen atoms in total. The Kier molecular flexibility index (Phi) is 5.90. The van der Waals surface area contributed by atoms with Crippen molar-refractivity contribution in [3.8, 4) is 11.5 Å². The average Bonchev–Trinajstić information content (AvgIpc) is 3.19. The number of hydrogen-bond acceptors (Lipinski definition) is 4. The maximum absolute atomic E-state index is 13.7. The fraction of sp³-hybridized carbons (Fsp3) is 0.263. The van der Waals surface area contributed by atoms with Crippen LogP contribution in [-0.4, -0.2) is 20.3 Å². The molecule has 3 rings (SSSR count). The maximum atomic E-state index is 13.7. The molecule has 2 unspecified atom stereocenters. The van der Waals surface area contributed by atoms with E-state index in [1.807, 2.05) is 0 Å². The van der Waals surface area contributed by atoms with E-state index in [9.17, 15) is 18.3 Å². The molecule has 2 atom stereocenters. The summed E-state index contributed by atoms with van der Waals surface area (Å²) in [5, 5.41) is 17.1. The molecule has 0 aliphatic heterocycles. The smallest absolute Gasteiger partial charge is 0.416 e. The summed E-state index contributed by atoms with van der Waals surface area (Å²) in [5.41, 5.74) is -0.910. The molecular weight excluding hydrogens is 395 g/mol. The molecule has 0 bridgehead atoms. The number of halogens is 4. The highest BCUT2D eigenvalue weighted by Crippen LogP contribution is 2.42. The van der Waals surface area contributed by atoms with Crippen LogP contribution in [0.3, 0.4) is 0 Å². The quantitative estimate of drug-likeness (QED) is 0.562. The number of aromatic nitrogens is 3. The van der Waals surface area contributed by atoms with Gasteiger partial charge in [0.1, 0.15) is 23.9 Å². The summed E-state index contributed by atoms with van der Waals surface area (Å²) in [6.07, 6.45) is -4.42. The molecule has 0 amide bonds. The van der Waals surface area contributed by atoms with Gasteiger partial charge in [-0.05, 0) is 48.4 Å². The Balaban J connectivity index is 1.97. The highest BCUT2D eigenvalue weighted by atomic mass is 35.5. The predicted molar refractivity (Wildman–Crippen MR) is 97.3 cm³/mol. The summed E-state index contributed by atoms with van der Waals surface area (Å²) in [7, 11) is 0. The Morgan fingerprint density at radius 2 is 1.82 bits per heavy atom. The van der Waals surface area contributed by atoms with Crippen LogP contribution in [0.5, 0.6) is 11.5 Å². The first-order valence-corrected chi connectivity index (χ1v) is 8.85. The van der Waals surface area contributed by atoms with Gasteiger partial charge in [-0.2, -0.15) is 18.3 Å². The number of aromatic amines is 1. The number of aliphatic hydroxyl groups excluding tert-OH is 1. The van der Waals surface area contributed by atoms with Gasteiger partial charge in [0.15, 0.2) is 5.82 Å². The number of rotatable bonds is 6. The molecule has 0 saturated heterocycles. The topological polar surface area (TPSA) is 71.0 Å². The average molecular weight is 412 g/mol. The number of ether oxygens (including phenoxy) is 1. The SMILES string of the molecule is CCC(c1ccc(Oc2ccc(Cl)cc2)cc1C(F)(F)F)C(O)c1ncn[nH]1. The zero-order valence-electron chi connectivity index (χ0n) is 14.7. The van der Waals surface area contributed by atoms with Crippen molar-refractivity contribution in [3.05, 3.63) is 70.8 Å². The molecule has 0 aliphatic carbocycles. The Morgan fingerprint density at radius 1 is 1.14 bits per heavy atom. The van der Waals surface area contributed by atoms with E-state index in [0.717, 1.165) is 6.07 Å². The first-order chi connectivity index (χ1) is 13.3. The molecule has 0 radical (unpaired) electrons. The van der Waals surface area contributed by atoms with Crippen molar-refractivity contribution in [2.45, 2.75) is 31.5 Å². The fourth-order valence-corrected chi connectivity index (χ4v) is 3.09. The van der Waals surface area contributed by atoms with Crippen LogP contribution >= 0.6 is 11.6 Å². The van der Waals surface area contributed by atoms with Crippen molar-refractivity contribution in [2.75, 3.05) is 0 Å². The minimum atomic E-state index is -4.62. The van der Waals surface area contributed by atoms with Gasteiger partial charge < -0.3 is 9.84 Å². The lowest BCUT2D eigenvalue weighted by Crippen LogP contribution is -2.17. The van der Waals surface area contributed by atoms with Crippen molar-refractivity contribution in [3.63, 3.8) is 0 Å². The molecule has 3 aromatic rings. The molecule has 0 spiro atoms. The monoisotopic (exact) mass is 411 g/mol. The maximum Gasteiger partial charge on any atom is 0.416 e. The van der Waals surface area contributed by atoms with Gasteiger partial charge in [-0.1, -0.05) is 24.6 Å². The summed E-state index contributed by atoms with van der Waals surface area (Å²) >= 11 is 5.80. The van der Waals surface area contributed by atoms with E-state index < -0.39 is 23.8 Å². The van der Waals surface area contributed by atoms with E-state index in [-0.39, 0.29) is 23.6 Å². The Labute approximate surface area is 164 Å². The van der Waals surface area contributed by atoms with Crippen LogP contribution in [0.15, 0.2) is 48.8 Å². The van der Waals surface area contributed by atoms with Gasteiger partial charge in [0, 0.05) is 10.9 Å². The van der Waals surface area contributed by atoms with E-state index in [4.69, 9.17) is 16.3 Å². The fourth-order valence-electron chi connectivity index (χ4n) is 2.97. The van der Waals surface area contributed by atoms with Crippen LogP contribution < -0.4 is 4.74 Å². The van der Waals surface area contributed by atoms with Gasteiger partial charge in [0.25, 0.3) is 0 Å². The van der Waals surface area contributed by atoms with Crippen LogP contribution in [0, 0.1) is 0 Å². The van der Waals surface area contributed by atoms with E-state index >= 15 is 0 Å². The number of nitrogens with zero attached hydrogens (tertiary/aromatic N) is 2. The molecule has 2 N–H and O–H groups in total. The summed E-state index contributed by atoms with van der Waals surface area (Å²) in [5.74, 6) is -0.322. The van der Waals surface area contributed by atoms with Crippen LogP contribution in [0.2, 0.25) is 5.02 Å². The molecule has 1 aromatic heterocycles. The normalized spacial score (nSPS) is 13.9. The second kappa shape index (κ2) is 8.20. The van der Waals surface area contributed by atoms with Crippen LogP contribution in [0.4, 0.5) is 13.2 Å². The summed E-state index contributed by atoms with van der Waals surface area (Å²) in [4.78, 5) is 3.85. The second-order valence-electron chi connectivity index (χ2n) is 6.13. The molecule has 2 aromatic carbocycles. The number of benzene rings is 2. The van der Waals surface area contributed by atoms with Gasteiger partial charge in [0.05, 0.1) is 5.56 Å². The number of aliphatic hydroxyl groups is 1. The molecule has 0 aliphatic rings. The van der Waals surface area contributed by atoms with Crippen LogP contribution in [0.1, 0.15) is 42.3 Å². The molecule has 0 fully saturated rings. The Bertz CT molecular complexity index is 915. The van der Waals surface area contributed by atoms with E-state index in [1.165, 1.54) is 18.5 Å². The van der Waals surface area contributed by atoms with Crippen molar-refractivity contribution in [1.29, 1.82) is 0 Å². The van der Waals surface area contributed by atoms with Crippen molar-refractivity contribution < 1.29 is 23.0 Å². The Hall–Kier alpha value is -2.58. The van der Waals surface area contributed by atoms with Crippen molar-refractivity contribution in [1.82, 2.24) is 15.2 Å². The van der Waals surface area contributed by atoms with Gasteiger partial charge in [-0.15, -0.1) is 0 Å². The molecule has 1 heterocycles. The number of nitrogens with one attached hydrogen (secondary N) is 1. The molecule has 148 valence electrons. The third-order valence-electron chi connectivity index (χ3n) is 4.31. The number of alkyl halides is 3. The molecule has 0 saturated carbocycles. The van der Waals surface area contributed by atoms with Crippen molar-refractivity contribution in [2.24, 2.45) is 0 Å². The summed E-state index contributed by atoms with van der Waals surface area (Å²) in [6, 6.07) is 9.97. The van der Waals surface area contributed by atoms with Gasteiger partial charge >= 0.3 is 6.18 Å². The lowest BCUT2D eigenvalue weighted by molar-refractivity contribution is -0.138. The standard InChI is InChI=1S/C19H17ClF3N3O2/c1-2-14(17(27)18-24-10-25-26-18)15-8-7-13(9-16(15)19(21,22)23)28-12-5-3-11(20)4-6-12/h3-10,14,17,27H,2H2,1H3,(H,24,25,26). The minimum Gasteiger partial charge on any atom is -0.457 e. The summed E-state index contributed by atoms with van der Waals surface area (Å²) < 4.78 is 46.7. The largest absolute Gasteiger partial charge is 0.457 e. The van der Waals surface area contributed by atoms with Gasteiger partial charge in [-0.3, -0.25) is 5.10 Å². The molecular formula is C19H17ClF3N3O2. The van der Waals surface area contributed by atoms with Gasteiger partial charge in [0.2, 0.25) is 0 Å². The highest BCUT2D eigenvalue weighted by Gasteiger charge is 2.37. The third kappa shape index (κ3) is 4.45. The lowest BCUT2D eigenvalue weighted by atomic mass is 9.87. The molecule has 9 heteroatoms. The van der Waals surface area contributed by atoms with E-state index in [1.54, 1.807) is 31.2 Å². The summed E-state index contributed by atoms with van der Waals surface area (Å²) in [6.45, 7) is 1.70. The second-order valence-corrected chi connectivity index (χ2v) is 6.57. The van der Waals surface area contributed by atoms with Crippen LogP contribution in [0.25, 0.3) is 0 Å². The lowest BCUT2D eigenvalue weighted by Gasteiger charge is -2.24. The van der Waals surface area contributed by atoms with Gasteiger partial charge in [-0.25, -0.2) is 4.98 Å². The van der Waals surface area contributed by atoms with E-state index in [2.05, 4.69) is 15.2 Å². The number of hydrogen-bond donors (Lipinski definition) is 2. The zero-order valence-corrected chi connectivity index (χ0v) is 15.5. The first-order valence-electron chi connectivity index (χ1n) is 8.47. The minimum absolute atomic E-state index is 0.0300.